The number of para-hydroxylation sites is 1. The van der Waals surface area contributed by atoms with Gasteiger partial charge in [-0.15, -0.1) is 11.3 Å². The van der Waals surface area contributed by atoms with E-state index in [0.29, 0.717) is 18.8 Å². The molecule has 2 aromatic heterocycles. The quantitative estimate of drug-likeness (QED) is 0.737. The number of nitrogens with one attached hydrogen (secondary N) is 1. The minimum absolute atomic E-state index is 0.00591. The van der Waals surface area contributed by atoms with E-state index < -0.39 is 0 Å². The van der Waals surface area contributed by atoms with Gasteiger partial charge in [0.05, 0.1) is 15.5 Å². The van der Waals surface area contributed by atoms with Crippen LogP contribution in [-0.2, 0) is 13.0 Å². The lowest BCUT2D eigenvalue weighted by atomic mass is 10.0. The molecule has 4 nitrogen and oxygen atoms in total. The number of amides is 1. The van der Waals surface area contributed by atoms with Crippen LogP contribution in [0.2, 0.25) is 5.02 Å². The third-order valence-electron chi connectivity index (χ3n) is 4.08. The average Bonchev–Trinajstić information content (AvgIpc) is 3.11. The van der Waals surface area contributed by atoms with E-state index in [1.54, 1.807) is 0 Å². The number of rotatable bonds is 1. The molecule has 1 aromatic carbocycles. The van der Waals surface area contributed by atoms with Crippen molar-refractivity contribution in [3.8, 4) is 0 Å². The van der Waals surface area contributed by atoms with Crippen LogP contribution in [0.4, 0.5) is 0 Å². The number of hydrogen-bond acceptors (Lipinski definition) is 3. The highest BCUT2D eigenvalue weighted by molar-refractivity contribution is 7.09. The van der Waals surface area contributed by atoms with Gasteiger partial charge in [0.25, 0.3) is 5.91 Å². The van der Waals surface area contributed by atoms with Crippen LogP contribution in [0.3, 0.4) is 0 Å². The van der Waals surface area contributed by atoms with Crippen LogP contribution in [0, 0.1) is 6.92 Å². The summed E-state index contributed by atoms with van der Waals surface area (Å²) in [5, 5.41) is 4.58. The van der Waals surface area contributed by atoms with Gasteiger partial charge in [-0.05, 0) is 13.0 Å². The molecule has 112 valence electrons. The smallest absolute Gasteiger partial charge is 0.273 e. The SMILES string of the molecule is Cc1nc(C(=O)N2CCc3[nH]c4c(Cl)cccc4c3C2)cs1. The molecule has 0 bridgehead atoms. The second kappa shape index (κ2) is 5.11. The molecular weight excluding hydrogens is 318 g/mol. The lowest BCUT2D eigenvalue weighted by Crippen LogP contribution is -2.36. The molecule has 0 aliphatic carbocycles. The largest absolute Gasteiger partial charge is 0.357 e. The zero-order valence-electron chi connectivity index (χ0n) is 12.0. The van der Waals surface area contributed by atoms with E-state index in [1.165, 1.54) is 22.6 Å². The van der Waals surface area contributed by atoms with Crippen LogP contribution in [0.15, 0.2) is 23.6 Å². The number of carbonyl (C=O) groups is 1. The molecule has 1 aliphatic heterocycles. The van der Waals surface area contributed by atoms with Gasteiger partial charge in [0.2, 0.25) is 0 Å². The molecule has 0 spiro atoms. The maximum Gasteiger partial charge on any atom is 0.273 e. The summed E-state index contributed by atoms with van der Waals surface area (Å²) in [5.74, 6) is 0.00591. The van der Waals surface area contributed by atoms with E-state index in [9.17, 15) is 4.79 Å². The maximum absolute atomic E-state index is 12.6. The van der Waals surface area contributed by atoms with Crippen molar-refractivity contribution < 1.29 is 4.79 Å². The summed E-state index contributed by atoms with van der Waals surface area (Å²) in [6, 6.07) is 5.88. The summed E-state index contributed by atoms with van der Waals surface area (Å²) >= 11 is 7.76. The molecule has 4 rings (SSSR count). The maximum atomic E-state index is 12.6. The van der Waals surface area contributed by atoms with Gasteiger partial charge >= 0.3 is 0 Å². The second-order valence-electron chi connectivity index (χ2n) is 5.47. The number of benzene rings is 1. The minimum Gasteiger partial charge on any atom is -0.357 e. The Labute approximate surface area is 136 Å². The van der Waals surface area contributed by atoms with Gasteiger partial charge in [0.15, 0.2) is 0 Å². The standard InChI is InChI=1S/C16H14ClN3OS/c1-9-18-14(8-22-9)16(21)20-6-5-13-11(7-20)10-3-2-4-12(17)15(10)19-13/h2-4,8,19H,5-7H2,1H3. The Morgan fingerprint density at radius 1 is 1.45 bits per heavy atom. The normalized spacial score (nSPS) is 14.4. The van der Waals surface area contributed by atoms with Crippen molar-refractivity contribution in [2.75, 3.05) is 6.54 Å². The highest BCUT2D eigenvalue weighted by Crippen LogP contribution is 2.32. The summed E-state index contributed by atoms with van der Waals surface area (Å²) in [6.45, 7) is 3.22. The molecule has 0 saturated carbocycles. The number of H-pyrrole nitrogens is 1. The minimum atomic E-state index is 0.00591. The zero-order valence-corrected chi connectivity index (χ0v) is 13.6. The second-order valence-corrected chi connectivity index (χ2v) is 6.94. The third kappa shape index (κ3) is 2.12. The number of fused-ring (bicyclic) bond motifs is 3. The first-order valence-electron chi connectivity index (χ1n) is 7.13. The Hall–Kier alpha value is -1.85. The van der Waals surface area contributed by atoms with E-state index in [1.807, 2.05) is 29.3 Å². The third-order valence-corrected chi connectivity index (χ3v) is 5.17. The molecular formula is C16H14ClN3OS. The molecule has 1 N–H and O–H groups in total. The topological polar surface area (TPSA) is 49.0 Å². The summed E-state index contributed by atoms with van der Waals surface area (Å²) in [5.41, 5.74) is 3.86. The number of nitrogens with zero attached hydrogens (tertiary/aromatic N) is 2. The van der Waals surface area contributed by atoms with Crippen LogP contribution in [-0.4, -0.2) is 27.3 Å². The summed E-state index contributed by atoms with van der Waals surface area (Å²) < 4.78 is 0. The molecule has 0 radical (unpaired) electrons. The molecule has 0 atom stereocenters. The lowest BCUT2D eigenvalue weighted by Gasteiger charge is -2.26. The summed E-state index contributed by atoms with van der Waals surface area (Å²) in [6.07, 6.45) is 0.815. The molecule has 1 amide bonds. The first-order valence-corrected chi connectivity index (χ1v) is 8.38. The van der Waals surface area contributed by atoms with E-state index in [4.69, 9.17) is 11.6 Å². The van der Waals surface area contributed by atoms with Crippen molar-refractivity contribution in [1.82, 2.24) is 14.9 Å². The van der Waals surface area contributed by atoms with Gasteiger partial charge in [0.1, 0.15) is 5.69 Å². The predicted octanol–water partition coefficient (Wildman–Crippen LogP) is 3.78. The molecule has 6 heteroatoms. The Balaban J connectivity index is 1.70. The summed E-state index contributed by atoms with van der Waals surface area (Å²) in [4.78, 5) is 22.2. The number of carbonyl (C=O) groups excluding carboxylic acids is 1. The van der Waals surface area contributed by atoms with Crippen LogP contribution in [0.1, 0.15) is 26.8 Å². The van der Waals surface area contributed by atoms with Gasteiger partial charge in [-0.1, -0.05) is 23.7 Å². The van der Waals surface area contributed by atoms with Gasteiger partial charge < -0.3 is 9.88 Å². The average molecular weight is 332 g/mol. The van der Waals surface area contributed by atoms with Crippen LogP contribution in [0.25, 0.3) is 10.9 Å². The number of hydrogen-bond donors (Lipinski definition) is 1. The number of aromatic nitrogens is 2. The van der Waals surface area contributed by atoms with Crippen molar-refractivity contribution in [1.29, 1.82) is 0 Å². The fourth-order valence-electron chi connectivity index (χ4n) is 3.00. The lowest BCUT2D eigenvalue weighted by molar-refractivity contribution is 0.0730. The van der Waals surface area contributed by atoms with Crippen molar-refractivity contribution >= 4 is 39.7 Å². The molecule has 1 aliphatic rings. The van der Waals surface area contributed by atoms with Crippen molar-refractivity contribution in [2.45, 2.75) is 19.9 Å². The number of aryl methyl sites for hydroxylation is 1. The Bertz CT molecular complexity index is 883. The van der Waals surface area contributed by atoms with Crippen molar-refractivity contribution in [3.05, 3.63) is 50.6 Å². The molecule has 0 saturated heterocycles. The highest BCUT2D eigenvalue weighted by atomic mass is 35.5. The van der Waals surface area contributed by atoms with Crippen LogP contribution in [0.5, 0.6) is 0 Å². The number of thiazole rings is 1. The Morgan fingerprint density at radius 2 is 2.32 bits per heavy atom. The summed E-state index contributed by atoms with van der Waals surface area (Å²) in [7, 11) is 0. The van der Waals surface area contributed by atoms with E-state index >= 15 is 0 Å². The first-order chi connectivity index (χ1) is 10.6. The predicted molar refractivity (Wildman–Crippen MR) is 88.6 cm³/mol. The zero-order chi connectivity index (χ0) is 15.3. The Kier molecular flexibility index (Phi) is 3.20. The molecule has 0 unspecified atom stereocenters. The fraction of sp³-hybridized carbons (Fsp3) is 0.250. The number of halogens is 1. The molecule has 22 heavy (non-hydrogen) atoms. The fourth-order valence-corrected chi connectivity index (χ4v) is 3.81. The first kappa shape index (κ1) is 13.8. The van der Waals surface area contributed by atoms with E-state index in [2.05, 4.69) is 16.0 Å². The van der Waals surface area contributed by atoms with Crippen molar-refractivity contribution in [2.24, 2.45) is 0 Å². The monoisotopic (exact) mass is 331 g/mol. The van der Waals surface area contributed by atoms with Gasteiger partial charge in [-0.3, -0.25) is 4.79 Å². The van der Waals surface area contributed by atoms with Crippen molar-refractivity contribution in [3.63, 3.8) is 0 Å². The molecule has 3 aromatic rings. The van der Waals surface area contributed by atoms with Crippen LogP contribution >= 0.6 is 22.9 Å². The highest BCUT2D eigenvalue weighted by Gasteiger charge is 2.26. The molecule has 0 fully saturated rings. The van der Waals surface area contributed by atoms with Gasteiger partial charge in [-0.2, -0.15) is 0 Å². The van der Waals surface area contributed by atoms with Gasteiger partial charge in [0, 0.05) is 41.5 Å². The van der Waals surface area contributed by atoms with E-state index in [0.717, 1.165) is 27.4 Å². The molecule has 3 heterocycles. The van der Waals surface area contributed by atoms with Gasteiger partial charge in [-0.25, -0.2) is 4.98 Å². The number of aromatic amines is 1. The van der Waals surface area contributed by atoms with E-state index in [-0.39, 0.29) is 5.91 Å². The van der Waals surface area contributed by atoms with Crippen LogP contribution < -0.4 is 0 Å². The Morgan fingerprint density at radius 3 is 3.09 bits per heavy atom.